The first-order valence-electron chi connectivity index (χ1n) is 9.12. The molecule has 0 saturated carbocycles. The molecular weight excluding hydrogens is 300 g/mol. The predicted molar refractivity (Wildman–Crippen MR) is 95.0 cm³/mol. The van der Waals surface area contributed by atoms with E-state index in [1.165, 1.54) is 0 Å². The zero-order valence-electron chi connectivity index (χ0n) is 14.5. The van der Waals surface area contributed by atoms with Crippen LogP contribution in [0.4, 0.5) is 0 Å². The lowest BCUT2D eigenvalue weighted by atomic mass is 10.1. The fourth-order valence-electron chi connectivity index (χ4n) is 4.31. The molecule has 2 fully saturated rings. The summed E-state index contributed by atoms with van der Waals surface area (Å²) in [6, 6.07) is 8.90. The summed E-state index contributed by atoms with van der Waals surface area (Å²) >= 11 is 0. The predicted octanol–water partition coefficient (Wildman–Crippen LogP) is 2.51. The molecule has 128 valence electrons. The highest BCUT2D eigenvalue weighted by molar-refractivity contribution is 5.82. The molecule has 0 aliphatic carbocycles. The van der Waals surface area contributed by atoms with E-state index in [-0.39, 0.29) is 5.91 Å². The molecule has 4 rings (SSSR count). The molecule has 5 heteroatoms. The molecule has 2 atom stereocenters. The highest BCUT2D eigenvalue weighted by atomic mass is 16.2. The minimum atomic E-state index is 0.247. The van der Waals surface area contributed by atoms with Gasteiger partial charge in [-0.3, -0.25) is 4.79 Å². The van der Waals surface area contributed by atoms with E-state index in [2.05, 4.69) is 34.7 Å². The number of nitrogens with one attached hydrogen (secondary N) is 1. The fourth-order valence-corrected chi connectivity index (χ4v) is 4.31. The van der Waals surface area contributed by atoms with E-state index < -0.39 is 0 Å². The van der Waals surface area contributed by atoms with Crippen LogP contribution in [0.3, 0.4) is 0 Å². The monoisotopic (exact) mass is 326 g/mol. The standard InChI is InChI=1S/C19H26N4O/c1-13(2)19-21-16-5-3-4-6-17(16)22(19)12-18(24)23-14-7-8-15(23)11-20-10-9-14/h3-6,13-15,20H,7-12H2,1-2H3/t14-,15+/m1/s1. The number of carbonyl (C=O) groups is 1. The molecule has 1 aromatic carbocycles. The van der Waals surface area contributed by atoms with Crippen LogP contribution in [0.5, 0.6) is 0 Å². The number of hydrogen-bond donors (Lipinski definition) is 1. The van der Waals surface area contributed by atoms with Crippen LogP contribution in [0, 0.1) is 0 Å². The number of benzene rings is 1. The summed E-state index contributed by atoms with van der Waals surface area (Å²) in [4.78, 5) is 20.1. The van der Waals surface area contributed by atoms with Crippen molar-refractivity contribution in [3.8, 4) is 0 Å². The minimum Gasteiger partial charge on any atom is -0.334 e. The van der Waals surface area contributed by atoms with Crippen molar-refractivity contribution in [1.29, 1.82) is 0 Å². The number of imidazole rings is 1. The number of amides is 1. The van der Waals surface area contributed by atoms with Crippen LogP contribution in [0.15, 0.2) is 24.3 Å². The SMILES string of the molecule is CC(C)c1nc2ccccc2n1CC(=O)N1[C@H]2CCNC[C@@H]1CC2. The van der Waals surface area contributed by atoms with Crippen molar-refractivity contribution in [1.82, 2.24) is 19.8 Å². The molecule has 1 aromatic heterocycles. The maximum absolute atomic E-state index is 13.1. The Hall–Kier alpha value is -1.88. The quantitative estimate of drug-likeness (QED) is 0.943. The van der Waals surface area contributed by atoms with Crippen molar-refractivity contribution < 1.29 is 4.79 Å². The molecule has 0 unspecified atom stereocenters. The lowest BCUT2D eigenvalue weighted by molar-refractivity contribution is -0.134. The van der Waals surface area contributed by atoms with Crippen LogP contribution in [0.1, 0.15) is 44.9 Å². The average molecular weight is 326 g/mol. The van der Waals surface area contributed by atoms with Crippen molar-refractivity contribution in [2.24, 2.45) is 0 Å². The fraction of sp³-hybridized carbons (Fsp3) is 0.579. The van der Waals surface area contributed by atoms with E-state index in [0.717, 1.165) is 49.2 Å². The number of fused-ring (bicyclic) bond motifs is 3. The van der Waals surface area contributed by atoms with Crippen molar-refractivity contribution in [3.63, 3.8) is 0 Å². The molecule has 1 amide bonds. The second kappa shape index (κ2) is 6.20. The molecule has 3 heterocycles. The summed E-state index contributed by atoms with van der Waals surface area (Å²) < 4.78 is 2.13. The zero-order valence-corrected chi connectivity index (χ0v) is 14.5. The van der Waals surface area contributed by atoms with E-state index in [0.29, 0.717) is 24.5 Å². The molecule has 2 aliphatic heterocycles. The van der Waals surface area contributed by atoms with Crippen LogP contribution in [0.2, 0.25) is 0 Å². The van der Waals surface area contributed by atoms with E-state index in [1.807, 2.05) is 18.2 Å². The molecule has 24 heavy (non-hydrogen) atoms. The van der Waals surface area contributed by atoms with E-state index in [1.54, 1.807) is 0 Å². The Morgan fingerprint density at radius 3 is 2.88 bits per heavy atom. The van der Waals surface area contributed by atoms with Crippen molar-refractivity contribution >= 4 is 16.9 Å². The normalized spacial score (nSPS) is 23.9. The molecule has 2 aromatic rings. The summed E-state index contributed by atoms with van der Waals surface area (Å²) in [6.07, 6.45) is 3.36. The van der Waals surface area contributed by atoms with E-state index in [9.17, 15) is 4.79 Å². The lowest BCUT2D eigenvalue weighted by Gasteiger charge is -2.28. The number of aromatic nitrogens is 2. The van der Waals surface area contributed by atoms with Gasteiger partial charge in [0.15, 0.2) is 0 Å². The van der Waals surface area contributed by atoms with E-state index in [4.69, 9.17) is 4.98 Å². The Kier molecular flexibility index (Phi) is 4.04. The van der Waals surface area contributed by atoms with Crippen LogP contribution >= 0.6 is 0 Å². The van der Waals surface area contributed by atoms with Crippen LogP contribution < -0.4 is 5.32 Å². The smallest absolute Gasteiger partial charge is 0.243 e. The third kappa shape index (κ3) is 2.61. The summed E-state index contributed by atoms with van der Waals surface area (Å²) in [7, 11) is 0. The van der Waals surface area contributed by atoms with Crippen LogP contribution in [-0.4, -0.2) is 45.5 Å². The lowest BCUT2D eigenvalue weighted by Crippen LogP contribution is -2.44. The topological polar surface area (TPSA) is 50.2 Å². The number of para-hydroxylation sites is 2. The molecule has 2 saturated heterocycles. The van der Waals surface area contributed by atoms with Gasteiger partial charge in [-0.1, -0.05) is 26.0 Å². The maximum atomic E-state index is 13.1. The second-order valence-corrected chi connectivity index (χ2v) is 7.38. The number of nitrogens with zero attached hydrogens (tertiary/aromatic N) is 3. The Morgan fingerprint density at radius 2 is 2.04 bits per heavy atom. The zero-order chi connectivity index (χ0) is 16.7. The highest BCUT2D eigenvalue weighted by Gasteiger charge is 2.38. The van der Waals surface area contributed by atoms with Crippen LogP contribution in [-0.2, 0) is 11.3 Å². The van der Waals surface area contributed by atoms with Gasteiger partial charge in [-0.05, 0) is 37.9 Å². The van der Waals surface area contributed by atoms with Crippen molar-refractivity contribution in [2.75, 3.05) is 13.1 Å². The largest absolute Gasteiger partial charge is 0.334 e. The molecule has 1 N–H and O–H groups in total. The Morgan fingerprint density at radius 1 is 1.25 bits per heavy atom. The third-order valence-electron chi connectivity index (χ3n) is 5.44. The summed E-state index contributed by atoms with van der Waals surface area (Å²) in [5.74, 6) is 1.55. The van der Waals surface area contributed by atoms with Gasteiger partial charge in [-0.25, -0.2) is 4.98 Å². The maximum Gasteiger partial charge on any atom is 0.243 e. The summed E-state index contributed by atoms with van der Waals surface area (Å²) in [6.45, 7) is 6.64. The van der Waals surface area contributed by atoms with Gasteiger partial charge < -0.3 is 14.8 Å². The first-order chi connectivity index (χ1) is 11.6. The van der Waals surface area contributed by atoms with E-state index >= 15 is 0 Å². The van der Waals surface area contributed by atoms with Gasteiger partial charge in [0.1, 0.15) is 12.4 Å². The third-order valence-corrected chi connectivity index (χ3v) is 5.44. The molecule has 5 nitrogen and oxygen atoms in total. The van der Waals surface area contributed by atoms with Gasteiger partial charge in [0.05, 0.1) is 11.0 Å². The Balaban J connectivity index is 1.66. The Labute approximate surface area is 143 Å². The van der Waals surface area contributed by atoms with Crippen LogP contribution in [0.25, 0.3) is 11.0 Å². The van der Waals surface area contributed by atoms with Crippen molar-refractivity contribution in [3.05, 3.63) is 30.1 Å². The number of hydrogen-bond acceptors (Lipinski definition) is 3. The summed E-state index contributed by atoms with van der Waals surface area (Å²) in [5, 5.41) is 3.47. The molecule has 2 aliphatic rings. The van der Waals surface area contributed by atoms with Gasteiger partial charge in [0, 0.05) is 24.5 Å². The second-order valence-electron chi connectivity index (χ2n) is 7.38. The molecule has 2 bridgehead atoms. The van der Waals surface area contributed by atoms with Gasteiger partial charge in [0.25, 0.3) is 0 Å². The van der Waals surface area contributed by atoms with Crippen molar-refractivity contribution in [2.45, 2.75) is 57.7 Å². The Bertz CT molecular complexity index is 737. The van der Waals surface area contributed by atoms with Gasteiger partial charge in [0.2, 0.25) is 5.91 Å². The first kappa shape index (κ1) is 15.6. The van der Waals surface area contributed by atoms with Gasteiger partial charge in [-0.15, -0.1) is 0 Å². The number of carbonyl (C=O) groups excluding carboxylic acids is 1. The molecule has 0 spiro atoms. The minimum absolute atomic E-state index is 0.247. The summed E-state index contributed by atoms with van der Waals surface area (Å²) in [5.41, 5.74) is 2.05. The first-order valence-corrected chi connectivity index (χ1v) is 9.12. The highest BCUT2D eigenvalue weighted by Crippen LogP contribution is 2.29. The molecule has 0 radical (unpaired) electrons. The van der Waals surface area contributed by atoms with Gasteiger partial charge >= 0.3 is 0 Å². The van der Waals surface area contributed by atoms with Gasteiger partial charge in [-0.2, -0.15) is 0 Å². The average Bonchev–Trinajstić information content (AvgIpc) is 3.04. The number of rotatable bonds is 3. The molecular formula is C19H26N4O.